The van der Waals surface area contributed by atoms with Crippen molar-refractivity contribution in [1.29, 1.82) is 0 Å². The highest BCUT2D eigenvalue weighted by Crippen LogP contribution is 2.32. The summed E-state index contributed by atoms with van der Waals surface area (Å²) >= 11 is 1.56. The van der Waals surface area contributed by atoms with E-state index in [9.17, 15) is 13.2 Å². The van der Waals surface area contributed by atoms with Crippen molar-refractivity contribution in [2.75, 3.05) is 5.75 Å². The highest BCUT2D eigenvalue weighted by Gasteiger charge is 2.19. The quantitative estimate of drug-likeness (QED) is 0.823. The molecule has 0 amide bonds. The van der Waals surface area contributed by atoms with Crippen LogP contribution in [0.4, 0.5) is 0 Å². The number of nitrogens with zero attached hydrogens (tertiary/aromatic N) is 1. The SMILES string of the molecule is NS(=O)(=O)CCc1nc2sc3c(c2c(=O)[nH]1)CCCCC3. The van der Waals surface area contributed by atoms with Crippen LogP contribution in [0.1, 0.15) is 35.5 Å². The minimum absolute atomic E-state index is 0.132. The number of fused-ring (bicyclic) bond motifs is 3. The Balaban J connectivity index is 2.03. The molecule has 0 atom stereocenters. The summed E-state index contributed by atoms with van der Waals surface area (Å²) in [6.45, 7) is 0. The molecule has 2 heterocycles. The van der Waals surface area contributed by atoms with Crippen LogP contribution in [0.2, 0.25) is 0 Å². The van der Waals surface area contributed by atoms with E-state index >= 15 is 0 Å². The smallest absolute Gasteiger partial charge is 0.259 e. The number of rotatable bonds is 3. The van der Waals surface area contributed by atoms with Gasteiger partial charge >= 0.3 is 0 Å². The Morgan fingerprint density at radius 1 is 1.24 bits per heavy atom. The molecule has 3 rings (SSSR count). The van der Waals surface area contributed by atoms with Crippen molar-refractivity contribution in [2.45, 2.75) is 38.5 Å². The van der Waals surface area contributed by atoms with Crippen molar-refractivity contribution >= 4 is 31.6 Å². The van der Waals surface area contributed by atoms with Crippen LogP contribution in [0.15, 0.2) is 4.79 Å². The van der Waals surface area contributed by atoms with Gasteiger partial charge in [0.1, 0.15) is 10.7 Å². The second-order valence-corrected chi connectivity index (χ2v) is 8.19. The highest BCUT2D eigenvalue weighted by molar-refractivity contribution is 7.89. The van der Waals surface area contributed by atoms with Crippen LogP contribution in [0, 0.1) is 0 Å². The van der Waals surface area contributed by atoms with E-state index in [0.717, 1.165) is 36.1 Å². The number of aromatic nitrogens is 2. The van der Waals surface area contributed by atoms with Crippen molar-refractivity contribution in [3.63, 3.8) is 0 Å². The Hall–Kier alpha value is -1.25. The molecule has 6 nitrogen and oxygen atoms in total. The van der Waals surface area contributed by atoms with E-state index in [1.807, 2.05) is 0 Å². The maximum absolute atomic E-state index is 12.3. The fourth-order valence-corrected chi connectivity index (χ4v) is 4.50. The lowest BCUT2D eigenvalue weighted by molar-refractivity contribution is 0.596. The Morgan fingerprint density at radius 2 is 2.00 bits per heavy atom. The zero-order chi connectivity index (χ0) is 15.0. The molecule has 0 radical (unpaired) electrons. The number of nitrogens with two attached hydrogens (primary N) is 1. The van der Waals surface area contributed by atoms with Gasteiger partial charge in [-0.1, -0.05) is 6.42 Å². The van der Waals surface area contributed by atoms with Gasteiger partial charge < -0.3 is 4.98 Å². The summed E-state index contributed by atoms with van der Waals surface area (Å²) in [5.41, 5.74) is 0.975. The number of nitrogens with one attached hydrogen (secondary N) is 1. The average Bonchev–Trinajstić information content (AvgIpc) is 2.58. The van der Waals surface area contributed by atoms with E-state index < -0.39 is 10.0 Å². The average molecular weight is 327 g/mol. The number of H-pyrrole nitrogens is 1. The van der Waals surface area contributed by atoms with Crippen LogP contribution in [0.5, 0.6) is 0 Å². The van der Waals surface area contributed by atoms with Crippen molar-refractivity contribution in [3.05, 3.63) is 26.6 Å². The van der Waals surface area contributed by atoms with Gasteiger partial charge in [0.25, 0.3) is 5.56 Å². The summed E-state index contributed by atoms with van der Waals surface area (Å²) in [6.07, 6.45) is 5.51. The van der Waals surface area contributed by atoms with E-state index in [0.29, 0.717) is 11.2 Å². The minimum atomic E-state index is -3.55. The van der Waals surface area contributed by atoms with Gasteiger partial charge in [-0.05, 0) is 31.2 Å². The molecule has 3 N–H and O–H groups in total. The lowest BCUT2D eigenvalue weighted by Gasteiger charge is -2.01. The van der Waals surface area contributed by atoms with Crippen molar-refractivity contribution in [3.8, 4) is 0 Å². The summed E-state index contributed by atoms with van der Waals surface area (Å²) in [5.74, 6) is 0.171. The number of thiophene rings is 1. The first-order valence-electron chi connectivity index (χ1n) is 6.98. The van der Waals surface area contributed by atoms with Crippen LogP contribution in [0.3, 0.4) is 0 Å². The third-order valence-corrected chi connectivity index (χ3v) is 5.71. The Morgan fingerprint density at radius 3 is 2.76 bits per heavy atom. The molecule has 0 aliphatic heterocycles. The zero-order valence-corrected chi connectivity index (χ0v) is 13.1. The molecule has 0 saturated carbocycles. The van der Waals surface area contributed by atoms with E-state index in [2.05, 4.69) is 9.97 Å². The van der Waals surface area contributed by atoms with Gasteiger partial charge in [0.05, 0.1) is 11.1 Å². The standard InChI is InChI=1S/C13H17N3O3S2/c14-21(18,19)7-6-10-15-12(17)11-8-4-2-1-3-5-9(8)20-13(11)16-10/h1-7H2,(H2,14,18,19)(H,15,16,17). The van der Waals surface area contributed by atoms with Crippen LogP contribution < -0.4 is 10.7 Å². The first kappa shape index (κ1) is 14.7. The lowest BCUT2D eigenvalue weighted by Crippen LogP contribution is -2.20. The predicted octanol–water partition coefficient (Wildman–Crippen LogP) is 1.08. The van der Waals surface area contributed by atoms with Crippen LogP contribution in [-0.2, 0) is 29.3 Å². The second kappa shape index (κ2) is 5.51. The zero-order valence-electron chi connectivity index (χ0n) is 11.5. The first-order valence-corrected chi connectivity index (χ1v) is 9.51. The highest BCUT2D eigenvalue weighted by atomic mass is 32.2. The number of hydrogen-bond donors (Lipinski definition) is 2. The van der Waals surface area contributed by atoms with Gasteiger partial charge in [-0.2, -0.15) is 0 Å². The molecular weight excluding hydrogens is 310 g/mol. The number of sulfonamides is 1. The molecule has 1 aliphatic carbocycles. The number of aryl methyl sites for hydroxylation is 3. The molecule has 8 heteroatoms. The van der Waals surface area contributed by atoms with Gasteiger partial charge in [0, 0.05) is 11.3 Å². The Labute approximate surface area is 126 Å². The molecule has 0 fully saturated rings. The lowest BCUT2D eigenvalue weighted by atomic mass is 10.1. The normalized spacial score (nSPS) is 15.9. The molecule has 21 heavy (non-hydrogen) atoms. The molecule has 114 valence electrons. The summed E-state index contributed by atoms with van der Waals surface area (Å²) in [4.78, 5) is 21.4. The summed E-state index contributed by atoms with van der Waals surface area (Å²) in [6, 6.07) is 0. The van der Waals surface area contributed by atoms with E-state index in [1.165, 1.54) is 11.3 Å². The van der Waals surface area contributed by atoms with Crippen LogP contribution in [-0.4, -0.2) is 24.1 Å². The van der Waals surface area contributed by atoms with Crippen molar-refractivity contribution in [1.82, 2.24) is 9.97 Å². The number of hydrogen-bond acceptors (Lipinski definition) is 5. The third kappa shape index (κ3) is 3.17. The van der Waals surface area contributed by atoms with Gasteiger partial charge in [-0.3, -0.25) is 4.79 Å². The van der Waals surface area contributed by atoms with Gasteiger partial charge in [0.15, 0.2) is 0 Å². The van der Waals surface area contributed by atoms with E-state index in [4.69, 9.17) is 5.14 Å². The summed E-state index contributed by atoms with van der Waals surface area (Å²) in [5, 5.41) is 5.68. The molecule has 2 aromatic rings. The van der Waals surface area contributed by atoms with Gasteiger partial charge in [0.2, 0.25) is 10.0 Å². The van der Waals surface area contributed by atoms with Gasteiger partial charge in [-0.25, -0.2) is 18.5 Å². The van der Waals surface area contributed by atoms with Crippen LogP contribution >= 0.6 is 11.3 Å². The second-order valence-electron chi connectivity index (χ2n) is 5.37. The largest absolute Gasteiger partial charge is 0.310 e. The first-order chi connectivity index (χ1) is 9.94. The predicted molar refractivity (Wildman–Crippen MR) is 83.2 cm³/mol. The monoisotopic (exact) mass is 327 g/mol. The molecule has 2 aromatic heterocycles. The molecule has 0 spiro atoms. The van der Waals surface area contributed by atoms with Crippen molar-refractivity contribution < 1.29 is 8.42 Å². The Bertz CT molecular complexity index is 836. The van der Waals surface area contributed by atoms with E-state index in [-0.39, 0.29) is 17.7 Å². The van der Waals surface area contributed by atoms with Crippen LogP contribution in [0.25, 0.3) is 10.2 Å². The summed E-state index contributed by atoms with van der Waals surface area (Å²) < 4.78 is 22.0. The maximum Gasteiger partial charge on any atom is 0.259 e. The molecule has 0 bridgehead atoms. The topological polar surface area (TPSA) is 106 Å². The molecule has 0 aromatic carbocycles. The Kier molecular flexibility index (Phi) is 3.85. The molecular formula is C13H17N3O3S2. The molecule has 0 saturated heterocycles. The fourth-order valence-electron chi connectivity index (χ4n) is 2.74. The third-order valence-electron chi connectivity index (χ3n) is 3.75. The van der Waals surface area contributed by atoms with E-state index in [1.54, 1.807) is 11.3 Å². The number of primary sulfonamides is 1. The van der Waals surface area contributed by atoms with Crippen molar-refractivity contribution in [2.24, 2.45) is 5.14 Å². The summed E-state index contributed by atoms with van der Waals surface area (Å²) in [7, 11) is -3.55. The molecule has 1 aliphatic rings. The number of aromatic amines is 1. The van der Waals surface area contributed by atoms with Gasteiger partial charge in [-0.15, -0.1) is 11.3 Å². The maximum atomic E-state index is 12.3. The minimum Gasteiger partial charge on any atom is -0.310 e. The fraction of sp³-hybridized carbons (Fsp3) is 0.538. The molecule has 0 unspecified atom stereocenters.